The van der Waals surface area contributed by atoms with Gasteiger partial charge in [0.25, 0.3) is 0 Å². The number of hydrogen-bond acceptors (Lipinski definition) is 4. The third-order valence-corrected chi connectivity index (χ3v) is 5.35. The quantitative estimate of drug-likeness (QED) is 0.352. The van der Waals surface area contributed by atoms with Gasteiger partial charge in [0.1, 0.15) is 19.1 Å². The van der Waals surface area contributed by atoms with E-state index in [9.17, 15) is 9.59 Å². The van der Waals surface area contributed by atoms with Crippen molar-refractivity contribution < 1.29 is 19.1 Å². The first kappa shape index (κ1) is 18.4. The molecule has 0 fully saturated rings. The summed E-state index contributed by atoms with van der Waals surface area (Å²) in [5, 5.41) is 0. The van der Waals surface area contributed by atoms with Crippen molar-refractivity contribution in [2.24, 2.45) is 0 Å². The summed E-state index contributed by atoms with van der Waals surface area (Å²) >= 11 is 3.83. The van der Waals surface area contributed by atoms with Crippen LogP contribution in [-0.4, -0.2) is 31.0 Å². The predicted octanol–water partition coefficient (Wildman–Crippen LogP) is 3.28. The lowest BCUT2D eigenvalue weighted by atomic mass is 10.2. The molecule has 0 bridgehead atoms. The molecule has 4 nitrogen and oxygen atoms in total. The Morgan fingerprint density at radius 3 is 1.17 bits per heavy atom. The van der Waals surface area contributed by atoms with Crippen LogP contribution in [0.3, 0.4) is 0 Å². The van der Waals surface area contributed by atoms with Gasteiger partial charge in [-0.1, -0.05) is 45.2 Å². The standard InChI is InChI=1S/C12H20I2O4/c1-11(2,3)17-9(15)7(13)8(14)10(16)18-12(4,5)6/h7-8H,1-6H3. The topological polar surface area (TPSA) is 52.6 Å². The fraction of sp³-hybridized carbons (Fsp3) is 0.833. The van der Waals surface area contributed by atoms with E-state index in [1.54, 1.807) is 41.5 Å². The first-order chi connectivity index (χ1) is 7.83. The lowest BCUT2D eigenvalue weighted by molar-refractivity contribution is -0.160. The zero-order chi connectivity index (χ0) is 14.7. The Morgan fingerprint density at radius 1 is 0.778 bits per heavy atom. The minimum absolute atomic E-state index is 0.395. The second kappa shape index (κ2) is 6.71. The summed E-state index contributed by atoms with van der Waals surface area (Å²) in [6.07, 6.45) is 0. The Labute approximate surface area is 136 Å². The van der Waals surface area contributed by atoms with Crippen LogP contribution in [0.2, 0.25) is 0 Å². The van der Waals surface area contributed by atoms with E-state index in [1.165, 1.54) is 0 Å². The molecule has 0 aliphatic heterocycles. The SMILES string of the molecule is CC(C)(C)OC(=O)C(I)C(I)C(=O)OC(C)(C)C. The average Bonchev–Trinajstić information content (AvgIpc) is 2.09. The number of halogens is 2. The molecule has 0 heterocycles. The number of esters is 2. The molecule has 0 rings (SSSR count). The van der Waals surface area contributed by atoms with E-state index in [2.05, 4.69) is 0 Å². The van der Waals surface area contributed by atoms with E-state index in [-0.39, 0.29) is 0 Å². The summed E-state index contributed by atoms with van der Waals surface area (Å²) in [4.78, 5) is 23.7. The van der Waals surface area contributed by atoms with Crippen molar-refractivity contribution >= 4 is 57.1 Å². The van der Waals surface area contributed by atoms with Gasteiger partial charge in [-0.3, -0.25) is 9.59 Å². The molecule has 0 aliphatic carbocycles. The zero-order valence-corrected chi connectivity index (χ0v) is 15.9. The van der Waals surface area contributed by atoms with E-state index in [4.69, 9.17) is 9.47 Å². The fourth-order valence-corrected chi connectivity index (χ4v) is 1.80. The van der Waals surface area contributed by atoms with Crippen LogP contribution in [0.4, 0.5) is 0 Å². The van der Waals surface area contributed by atoms with Gasteiger partial charge in [0, 0.05) is 0 Å². The molecule has 0 amide bonds. The Hall–Kier alpha value is 0.400. The molecular formula is C12H20I2O4. The summed E-state index contributed by atoms with van der Waals surface area (Å²) in [5.41, 5.74) is -1.10. The summed E-state index contributed by atoms with van der Waals surface area (Å²) in [5.74, 6) is -0.790. The highest BCUT2D eigenvalue weighted by Crippen LogP contribution is 2.23. The largest absolute Gasteiger partial charge is 0.459 e. The number of alkyl halides is 2. The highest BCUT2D eigenvalue weighted by molar-refractivity contribution is 14.1. The Bertz CT molecular complexity index is 283. The minimum Gasteiger partial charge on any atom is -0.459 e. The molecule has 0 saturated carbocycles. The molecule has 0 aliphatic rings. The summed E-state index contributed by atoms with van der Waals surface area (Å²) < 4.78 is 9.37. The van der Waals surface area contributed by atoms with Gasteiger partial charge >= 0.3 is 11.9 Å². The first-order valence-electron chi connectivity index (χ1n) is 5.57. The van der Waals surface area contributed by atoms with Crippen molar-refractivity contribution in [2.75, 3.05) is 0 Å². The van der Waals surface area contributed by atoms with Crippen molar-refractivity contribution in [1.29, 1.82) is 0 Å². The first-order valence-corrected chi connectivity index (χ1v) is 8.06. The maximum atomic E-state index is 11.8. The van der Waals surface area contributed by atoms with Gasteiger partial charge in [0.15, 0.2) is 0 Å². The van der Waals surface area contributed by atoms with Crippen LogP contribution in [0.15, 0.2) is 0 Å². The van der Waals surface area contributed by atoms with Gasteiger partial charge in [-0.25, -0.2) is 0 Å². The van der Waals surface area contributed by atoms with Crippen LogP contribution in [0, 0.1) is 0 Å². The molecule has 106 valence electrons. The molecule has 2 atom stereocenters. The Morgan fingerprint density at radius 2 is 1.00 bits per heavy atom. The normalized spacial score (nSPS) is 15.8. The number of carbonyl (C=O) groups excluding carboxylic acids is 2. The highest BCUT2D eigenvalue weighted by atomic mass is 127. The van der Waals surface area contributed by atoms with Crippen LogP contribution in [0.5, 0.6) is 0 Å². The lowest BCUT2D eigenvalue weighted by Gasteiger charge is -2.25. The number of hydrogen-bond donors (Lipinski definition) is 0. The molecule has 0 aromatic rings. The maximum Gasteiger partial charge on any atom is 0.321 e. The van der Waals surface area contributed by atoms with Crippen molar-refractivity contribution in [3.05, 3.63) is 0 Å². The monoisotopic (exact) mass is 482 g/mol. The van der Waals surface area contributed by atoms with Crippen molar-refractivity contribution in [2.45, 2.75) is 60.6 Å². The van der Waals surface area contributed by atoms with Crippen LogP contribution in [0.25, 0.3) is 0 Å². The molecule has 0 aromatic heterocycles. The summed E-state index contributed by atoms with van der Waals surface area (Å²) in [6.45, 7) is 10.8. The Kier molecular flexibility index (Phi) is 6.86. The molecule has 2 unspecified atom stereocenters. The molecule has 0 radical (unpaired) electrons. The minimum atomic E-state index is -0.558. The molecular weight excluding hydrogens is 462 g/mol. The van der Waals surface area contributed by atoms with Gasteiger partial charge in [-0.15, -0.1) is 0 Å². The second-order valence-electron chi connectivity index (χ2n) is 5.87. The average molecular weight is 482 g/mol. The number of rotatable bonds is 3. The highest BCUT2D eigenvalue weighted by Gasteiger charge is 2.35. The van der Waals surface area contributed by atoms with E-state index in [1.807, 2.05) is 45.2 Å². The Balaban J connectivity index is 4.55. The lowest BCUT2D eigenvalue weighted by Crippen LogP contribution is -2.39. The smallest absolute Gasteiger partial charge is 0.321 e. The van der Waals surface area contributed by atoms with Crippen LogP contribution in [-0.2, 0) is 19.1 Å². The van der Waals surface area contributed by atoms with Crippen LogP contribution in [0.1, 0.15) is 41.5 Å². The fourth-order valence-electron chi connectivity index (χ4n) is 0.955. The van der Waals surface area contributed by atoms with Gasteiger partial charge in [-0.2, -0.15) is 0 Å². The van der Waals surface area contributed by atoms with E-state index < -0.39 is 31.0 Å². The molecule has 0 N–H and O–H groups in total. The number of ether oxygens (including phenoxy) is 2. The van der Waals surface area contributed by atoms with Crippen LogP contribution < -0.4 is 0 Å². The second-order valence-corrected chi connectivity index (χ2v) is 8.55. The predicted molar refractivity (Wildman–Crippen MR) is 87.3 cm³/mol. The molecule has 0 aromatic carbocycles. The number of carbonyl (C=O) groups is 2. The van der Waals surface area contributed by atoms with Gasteiger partial charge in [0.2, 0.25) is 0 Å². The van der Waals surface area contributed by atoms with Crippen molar-refractivity contribution in [3.63, 3.8) is 0 Å². The maximum absolute atomic E-state index is 11.8. The van der Waals surface area contributed by atoms with E-state index in [0.29, 0.717) is 0 Å². The third kappa shape index (κ3) is 7.75. The molecule has 6 heteroatoms. The molecule has 0 saturated heterocycles. The van der Waals surface area contributed by atoms with E-state index in [0.717, 1.165) is 0 Å². The third-order valence-electron chi connectivity index (χ3n) is 1.52. The van der Waals surface area contributed by atoms with Crippen molar-refractivity contribution in [3.8, 4) is 0 Å². The van der Waals surface area contributed by atoms with E-state index >= 15 is 0 Å². The van der Waals surface area contributed by atoms with Crippen molar-refractivity contribution in [1.82, 2.24) is 0 Å². The molecule has 0 spiro atoms. The summed E-state index contributed by atoms with van der Waals surface area (Å²) in [6, 6.07) is 0. The van der Waals surface area contributed by atoms with Crippen LogP contribution >= 0.6 is 45.2 Å². The van der Waals surface area contributed by atoms with Gasteiger partial charge in [-0.05, 0) is 41.5 Å². The molecule has 18 heavy (non-hydrogen) atoms. The summed E-state index contributed by atoms with van der Waals surface area (Å²) in [7, 11) is 0. The zero-order valence-electron chi connectivity index (χ0n) is 11.5. The van der Waals surface area contributed by atoms with Gasteiger partial charge in [0.05, 0.1) is 0 Å². The van der Waals surface area contributed by atoms with Gasteiger partial charge < -0.3 is 9.47 Å².